The van der Waals surface area contributed by atoms with E-state index in [1.165, 1.54) is 0 Å². The van der Waals surface area contributed by atoms with Gasteiger partial charge < -0.3 is 4.84 Å². The van der Waals surface area contributed by atoms with Gasteiger partial charge in [-0.3, -0.25) is 0 Å². The molecular formula is C10H23NO. The van der Waals surface area contributed by atoms with Crippen molar-refractivity contribution in [2.24, 2.45) is 16.7 Å². The molecule has 2 nitrogen and oxygen atoms in total. The van der Waals surface area contributed by atoms with E-state index in [0.29, 0.717) is 12.0 Å². The van der Waals surface area contributed by atoms with Crippen LogP contribution in [0.1, 0.15) is 47.5 Å². The van der Waals surface area contributed by atoms with Crippen LogP contribution >= 0.6 is 0 Å². The lowest BCUT2D eigenvalue weighted by Crippen LogP contribution is -2.29. The second-order valence-electron chi connectivity index (χ2n) is 5.21. The maximum absolute atomic E-state index is 5.11. The molecule has 2 N–H and O–H groups in total. The Kier molecular flexibility index (Phi) is 4.21. The minimum Gasteiger partial charge on any atom is -0.304 e. The van der Waals surface area contributed by atoms with Crippen LogP contribution in [-0.2, 0) is 4.84 Å². The highest BCUT2D eigenvalue weighted by molar-refractivity contribution is 4.78. The molecule has 0 saturated carbocycles. The standard InChI is InChI=1S/C10H23NO/c1-6-10(5,8-12-11)7-9(2,3)4/h6-8,11H2,1-5H3. The van der Waals surface area contributed by atoms with E-state index in [-0.39, 0.29) is 5.41 Å². The van der Waals surface area contributed by atoms with E-state index < -0.39 is 0 Å². The van der Waals surface area contributed by atoms with E-state index in [4.69, 9.17) is 10.7 Å². The molecule has 74 valence electrons. The predicted octanol–water partition coefficient (Wildman–Crippen LogP) is 2.73. The first-order valence-corrected chi connectivity index (χ1v) is 4.65. The van der Waals surface area contributed by atoms with E-state index in [2.05, 4.69) is 34.6 Å². The largest absolute Gasteiger partial charge is 0.304 e. The van der Waals surface area contributed by atoms with Gasteiger partial charge in [0, 0.05) is 0 Å². The molecule has 0 radical (unpaired) electrons. The van der Waals surface area contributed by atoms with Gasteiger partial charge in [0.2, 0.25) is 0 Å². The Hall–Kier alpha value is -0.0800. The summed E-state index contributed by atoms with van der Waals surface area (Å²) >= 11 is 0. The topological polar surface area (TPSA) is 35.2 Å². The number of rotatable bonds is 4. The van der Waals surface area contributed by atoms with Crippen molar-refractivity contribution in [1.29, 1.82) is 0 Å². The normalized spacial score (nSPS) is 17.5. The SMILES string of the molecule is CCC(C)(CON)CC(C)(C)C. The van der Waals surface area contributed by atoms with Gasteiger partial charge in [-0.2, -0.15) is 0 Å². The van der Waals surface area contributed by atoms with Crippen molar-refractivity contribution in [2.45, 2.75) is 47.5 Å². The van der Waals surface area contributed by atoms with Gasteiger partial charge in [0.25, 0.3) is 0 Å². The van der Waals surface area contributed by atoms with Gasteiger partial charge in [-0.15, -0.1) is 0 Å². The first-order valence-electron chi connectivity index (χ1n) is 4.65. The Labute approximate surface area is 76.4 Å². The van der Waals surface area contributed by atoms with Crippen LogP contribution in [0.2, 0.25) is 0 Å². The van der Waals surface area contributed by atoms with Crippen molar-refractivity contribution in [2.75, 3.05) is 6.61 Å². The third-order valence-corrected chi connectivity index (χ3v) is 2.24. The maximum atomic E-state index is 5.11. The predicted molar refractivity (Wildman–Crippen MR) is 52.6 cm³/mol. The third kappa shape index (κ3) is 4.73. The van der Waals surface area contributed by atoms with Crippen LogP contribution in [0.4, 0.5) is 0 Å². The zero-order valence-corrected chi connectivity index (χ0v) is 9.11. The molecular weight excluding hydrogens is 150 g/mol. The molecule has 0 aliphatic heterocycles. The molecule has 0 aliphatic rings. The highest BCUT2D eigenvalue weighted by atomic mass is 16.6. The molecule has 2 heteroatoms. The smallest absolute Gasteiger partial charge is 0.0732 e. The van der Waals surface area contributed by atoms with Gasteiger partial charge in [-0.25, -0.2) is 5.90 Å². The van der Waals surface area contributed by atoms with Crippen LogP contribution in [-0.4, -0.2) is 6.61 Å². The van der Waals surface area contributed by atoms with Gasteiger partial charge in [0.15, 0.2) is 0 Å². The Bertz CT molecular complexity index is 128. The van der Waals surface area contributed by atoms with Crippen molar-refractivity contribution in [3.8, 4) is 0 Å². The van der Waals surface area contributed by atoms with Crippen LogP contribution in [0.5, 0.6) is 0 Å². The molecule has 1 atom stereocenters. The summed E-state index contributed by atoms with van der Waals surface area (Å²) in [4.78, 5) is 4.74. The molecule has 0 fully saturated rings. The van der Waals surface area contributed by atoms with Crippen molar-refractivity contribution < 1.29 is 4.84 Å². The second-order valence-corrected chi connectivity index (χ2v) is 5.21. The molecule has 12 heavy (non-hydrogen) atoms. The quantitative estimate of drug-likeness (QED) is 0.663. The van der Waals surface area contributed by atoms with Crippen LogP contribution in [0.15, 0.2) is 0 Å². The zero-order chi connectivity index (χ0) is 9.83. The number of nitrogens with two attached hydrogens (primary N) is 1. The molecule has 0 amide bonds. The monoisotopic (exact) mass is 173 g/mol. The van der Waals surface area contributed by atoms with Gasteiger partial charge in [-0.05, 0) is 23.7 Å². The fourth-order valence-electron chi connectivity index (χ4n) is 1.76. The fraction of sp³-hybridized carbons (Fsp3) is 1.00. The van der Waals surface area contributed by atoms with E-state index in [1.54, 1.807) is 0 Å². The Morgan fingerprint density at radius 2 is 1.67 bits per heavy atom. The number of hydrogen-bond acceptors (Lipinski definition) is 2. The summed E-state index contributed by atoms with van der Waals surface area (Å²) in [5.41, 5.74) is 0.580. The molecule has 0 saturated heterocycles. The minimum atomic E-state index is 0.229. The summed E-state index contributed by atoms with van der Waals surface area (Å²) < 4.78 is 0. The Balaban J connectivity index is 4.14. The summed E-state index contributed by atoms with van der Waals surface area (Å²) in [6.07, 6.45) is 2.26. The Morgan fingerprint density at radius 1 is 1.17 bits per heavy atom. The second kappa shape index (κ2) is 4.24. The molecule has 0 aliphatic carbocycles. The fourth-order valence-corrected chi connectivity index (χ4v) is 1.76. The Morgan fingerprint density at radius 3 is 1.92 bits per heavy atom. The summed E-state index contributed by atoms with van der Waals surface area (Å²) in [7, 11) is 0. The van der Waals surface area contributed by atoms with Gasteiger partial charge >= 0.3 is 0 Å². The van der Waals surface area contributed by atoms with Gasteiger partial charge in [0.1, 0.15) is 0 Å². The van der Waals surface area contributed by atoms with Crippen LogP contribution < -0.4 is 5.90 Å². The molecule has 0 aromatic carbocycles. The maximum Gasteiger partial charge on any atom is 0.0732 e. The van der Waals surface area contributed by atoms with E-state index in [0.717, 1.165) is 12.8 Å². The summed E-state index contributed by atoms with van der Waals surface area (Å²) in [6, 6.07) is 0. The highest BCUT2D eigenvalue weighted by Gasteiger charge is 2.28. The zero-order valence-electron chi connectivity index (χ0n) is 9.11. The van der Waals surface area contributed by atoms with Crippen LogP contribution in [0, 0.1) is 10.8 Å². The molecule has 1 unspecified atom stereocenters. The first-order chi connectivity index (χ1) is 5.33. The first kappa shape index (κ1) is 11.9. The lowest BCUT2D eigenvalue weighted by Gasteiger charge is -2.33. The van der Waals surface area contributed by atoms with E-state index in [1.807, 2.05) is 0 Å². The van der Waals surface area contributed by atoms with Crippen molar-refractivity contribution in [3.63, 3.8) is 0 Å². The van der Waals surface area contributed by atoms with E-state index >= 15 is 0 Å². The molecule has 0 spiro atoms. The average Bonchev–Trinajstić information content (AvgIpc) is 1.84. The molecule has 0 heterocycles. The van der Waals surface area contributed by atoms with Crippen molar-refractivity contribution in [1.82, 2.24) is 0 Å². The molecule has 0 rings (SSSR count). The minimum absolute atomic E-state index is 0.229. The molecule has 0 aromatic rings. The third-order valence-electron chi connectivity index (χ3n) is 2.24. The lowest BCUT2D eigenvalue weighted by atomic mass is 9.74. The van der Waals surface area contributed by atoms with Crippen LogP contribution in [0.25, 0.3) is 0 Å². The van der Waals surface area contributed by atoms with Crippen molar-refractivity contribution >= 4 is 0 Å². The lowest BCUT2D eigenvalue weighted by molar-refractivity contribution is 0.0263. The molecule has 0 aromatic heterocycles. The van der Waals surface area contributed by atoms with E-state index in [9.17, 15) is 0 Å². The highest BCUT2D eigenvalue weighted by Crippen LogP contribution is 2.35. The summed E-state index contributed by atoms with van der Waals surface area (Å²) in [5.74, 6) is 5.11. The number of hydrogen-bond donors (Lipinski definition) is 1. The van der Waals surface area contributed by atoms with Crippen LogP contribution in [0.3, 0.4) is 0 Å². The van der Waals surface area contributed by atoms with Gasteiger partial charge in [0.05, 0.1) is 6.61 Å². The summed E-state index contributed by atoms with van der Waals surface area (Å²) in [6.45, 7) is 11.8. The van der Waals surface area contributed by atoms with Crippen molar-refractivity contribution in [3.05, 3.63) is 0 Å². The molecule has 0 bridgehead atoms. The average molecular weight is 173 g/mol. The van der Waals surface area contributed by atoms with Gasteiger partial charge in [-0.1, -0.05) is 34.6 Å². The summed E-state index contributed by atoms with van der Waals surface area (Å²) in [5, 5.41) is 0.